The normalized spacial score (nSPS) is 15.3. The molecule has 0 saturated carbocycles. The van der Waals surface area contributed by atoms with Crippen molar-refractivity contribution in [1.29, 1.82) is 0 Å². The van der Waals surface area contributed by atoms with E-state index in [2.05, 4.69) is 52.6 Å². The van der Waals surface area contributed by atoms with E-state index in [0.29, 0.717) is 6.04 Å². The summed E-state index contributed by atoms with van der Waals surface area (Å²) < 4.78 is 7.31. The Bertz CT molecular complexity index is 1160. The Morgan fingerprint density at radius 2 is 1.86 bits per heavy atom. The molecule has 0 spiro atoms. The minimum absolute atomic E-state index is 0.640. The van der Waals surface area contributed by atoms with Crippen molar-refractivity contribution in [3.05, 3.63) is 54.9 Å². The molecule has 0 unspecified atom stereocenters. The lowest BCUT2D eigenvalue weighted by atomic mass is 10.0. The van der Waals surface area contributed by atoms with Gasteiger partial charge in [0.1, 0.15) is 17.9 Å². The number of nitrogens with zero attached hydrogens (tertiary/aromatic N) is 4. The lowest BCUT2D eigenvalue weighted by Crippen LogP contribution is -2.41. The number of methoxy groups -OCH3 is 1. The highest BCUT2D eigenvalue weighted by atomic mass is 16.5. The van der Waals surface area contributed by atoms with Gasteiger partial charge in [-0.15, -0.1) is 0 Å². The van der Waals surface area contributed by atoms with Crippen LogP contribution in [0.25, 0.3) is 27.8 Å². The second-order valence-electron chi connectivity index (χ2n) is 7.57. The summed E-state index contributed by atoms with van der Waals surface area (Å²) in [6, 6.07) is 17.3. The molecule has 1 aliphatic heterocycles. The molecule has 1 aliphatic rings. The van der Waals surface area contributed by atoms with Gasteiger partial charge in [0.25, 0.3) is 0 Å². The average molecular weight is 387 g/mol. The van der Waals surface area contributed by atoms with Gasteiger partial charge in [-0.25, -0.2) is 9.97 Å². The van der Waals surface area contributed by atoms with Crippen molar-refractivity contribution >= 4 is 27.6 Å². The molecule has 3 heterocycles. The van der Waals surface area contributed by atoms with E-state index in [0.717, 1.165) is 46.6 Å². The molecule has 0 amide bonds. The molecular formula is C23H25N5O. The average Bonchev–Trinajstić information content (AvgIpc) is 3.21. The minimum atomic E-state index is 0.640. The zero-order valence-electron chi connectivity index (χ0n) is 16.8. The second kappa shape index (κ2) is 7.37. The highest BCUT2D eigenvalue weighted by Crippen LogP contribution is 2.26. The van der Waals surface area contributed by atoms with Crippen molar-refractivity contribution in [1.82, 2.24) is 19.9 Å². The summed E-state index contributed by atoms with van der Waals surface area (Å²) in [6.07, 6.45) is 4.19. The van der Waals surface area contributed by atoms with E-state index in [1.54, 1.807) is 7.11 Å². The van der Waals surface area contributed by atoms with Crippen LogP contribution < -0.4 is 15.0 Å². The molecule has 0 atom stereocenters. The fraction of sp³-hybridized carbons (Fsp3) is 0.304. The van der Waals surface area contributed by atoms with Gasteiger partial charge in [0.15, 0.2) is 0 Å². The molecule has 5 rings (SSSR count). The highest BCUT2D eigenvalue weighted by Gasteiger charge is 2.18. The van der Waals surface area contributed by atoms with E-state index >= 15 is 0 Å². The van der Waals surface area contributed by atoms with Gasteiger partial charge in [-0.05, 0) is 62.4 Å². The molecule has 1 saturated heterocycles. The third-order valence-corrected chi connectivity index (χ3v) is 5.93. The molecule has 2 aromatic carbocycles. The quantitative estimate of drug-likeness (QED) is 0.578. The van der Waals surface area contributed by atoms with Crippen molar-refractivity contribution in [2.75, 3.05) is 32.1 Å². The first kappa shape index (κ1) is 17.9. The van der Waals surface area contributed by atoms with Crippen LogP contribution in [0.15, 0.2) is 54.9 Å². The number of ether oxygens (including phenoxy) is 1. The van der Waals surface area contributed by atoms with Crippen molar-refractivity contribution in [3.63, 3.8) is 0 Å². The second-order valence-corrected chi connectivity index (χ2v) is 7.57. The minimum Gasteiger partial charge on any atom is -0.497 e. The molecule has 0 aliphatic carbocycles. The zero-order chi connectivity index (χ0) is 19.8. The lowest BCUT2D eigenvalue weighted by Gasteiger charge is -2.33. The molecule has 0 bridgehead atoms. The third-order valence-electron chi connectivity index (χ3n) is 5.93. The van der Waals surface area contributed by atoms with E-state index in [9.17, 15) is 0 Å². The Labute approximate surface area is 170 Å². The Balaban J connectivity index is 1.45. The van der Waals surface area contributed by atoms with E-state index in [1.165, 1.54) is 18.5 Å². The van der Waals surface area contributed by atoms with Crippen LogP contribution in [-0.4, -0.2) is 47.8 Å². The summed E-state index contributed by atoms with van der Waals surface area (Å²) in [7, 11) is 3.72. The number of anilines is 1. The molecule has 6 nitrogen and oxygen atoms in total. The predicted octanol–water partition coefficient (Wildman–Crippen LogP) is 3.77. The number of pyridine rings is 1. The van der Waals surface area contributed by atoms with Crippen LogP contribution in [0.5, 0.6) is 5.75 Å². The van der Waals surface area contributed by atoms with Crippen LogP contribution in [0.4, 0.5) is 5.69 Å². The largest absolute Gasteiger partial charge is 0.497 e. The highest BCUT2D eigenvalue weighted by molar-refractivity contribution is 5.84. The first-order valence-corrected chi connectivity index (χ1v) is 10.1. The number of nitrogens with one attached hydrogen (secondary N) is 1. The topological polar surface area (TPSA) is 55.2 Å². The van der Waals surface area contributed by atoms with Gasteiger partial charge >= 0.3 is 0 Å². The number of hydrogen-bond acceptors (Lipinski definition) is 5. The summed E-state index contributed by atoms with van der Waals surface area (Å²) in [4.78, 5) is 11.9. The van der Waals surface area contributed by atoms with Gasteiger partial charge in [-0.3, -0.25) is 4.57 Å². The smallest absolute Gasteiger partial charge is 0.139 e. The number of benzene rings is 2. The van der Waals surface area contributed by atoms with E-state index < -0.39 is 0 Å². The molecule has 4 aromatic rings. The molecule has 1 N–H and O–H groups in total. The van der Waals surface area contributed by atoms with Crippen LogP contribution >= 0.6 is 0 Å². The molecule has 1 fully saturated rings. The van der Waals surface area contributed by atoms with Crippen molar-refractivity contribution in [2.45, 2.75) is 18.9 Å². The third kappa shape index (κ3) is 3.29. The first-order chi connectivity index (χ1) is 14.2. The summed E-state index contributed by atoms with van der Waals surface area (Å²) in [5.74, 6) is 1.67. The first-order valence-electron chi connectivity index (χ1n) is 10.1. The molecule has 6 heteroatoms. The summed E-state index contributed by atoms with van der Waals surface area (Å²) >= 11 is 0. The van der Waals surface area contributed by atoms with Crippen LogP contribution in [0, 0.1) is 0 Å². The fourth-order valence-corrected chi connectivity index (χ4v) is 4.16. The lowest BCUT2D eigenvalue weighted by molar-refractivity contribution is 0.415. The molecule has 29 heavy (non-hydrogen) atoms. The van der Waals surface area contributed by atoms with Crippen LogP contribution in [0.1, 0.15) is 12.8 Å². The summed E-state index contributed by atoms with van der Waals surface area (Å²) in [5.41, 5.74) is 4.18. The van der Waals surface area contributed by atoms with E-state index in [-0.39, 0.29) is 0 Å². The van der Waals surface area contributed by atoms with Crippen molar-refractivity contribution in [2.24, 2.45) is 0 Å². The van der Waals surface area contributed by atoms with Crippen LogP contribution in [-0.2, 0) is 0 Å². The molecule has 0 radical (unpaired) electrons. The number of aromatic nitrogens is 3. The van der Waals surface area contributed by atoms with Gasteiger partial charge in [0, 0.05) is 36.3 Å². The number of imidazole rings is 1. The van der Waals surface area contributed by atoms with Gasteiger partial charge < -0.3 is 15.0 Å². The summed E-state index contributed by atoms with van der Waals surface area (Å²) in [5, 5.41) is 4.55. The maximum atomic E-state index is 5.30. The van der Waals surface area contributed by atoms with Crippen molar-refractivity contribution < 1.29 is 4.74 Å². The molecular weight excluding hydrogens is 362 g/mol. The maximum Gasteiger partial charge on any atom is 0.139 e. The monoisotopic (exact) mass is 387 g/mol. The number of rotatable bonds is 4. The Morgan fingerprint density at radius 3 is 2.66 bits per heavy atom. The fourth-order valence-electron chi connectivity index (χ4n) is 4.16. The van der Waals surface area contributed by atoms with Crippen LogP contribution in [0.2, 0.25) is 0 Å². The van der Waals surface area contributed by atoms with Gasteiger partial charge in [0.05, 0.1) is 23.7 Å². The van der Waals surface area contributed by atoms with Gasteiger partial charge in [0.2, 0.25) is 0 Å². The zero-order valence-corrected chi connectivity index (χ0v) is 16.8. The van der Waals surface area contributed by atoms with Crippen LogP contribution in [0.3, 0.4) is 0 Å². The van der Waals surface area contributed by atoms with E-state index in [4.69, 9.17) is 9.72 Å². The Hall–Kier alpha value is -3.12. The number of fused-ring (bicyclic) bond motifs is 2. The number of piperidine rings is 1. The maximum absolute atomic E-state index is 5.30. The molecule has 148 valence electrons. The predicted molar refractivity (Wildman–Crippen MR) is 117 cm³/mol. The van der Waals surface area contributed by atoms with Gasteiger partial charge in [-0.1, -0.05) is 0 Å². The summed E-state index contributed by atoms with van der Waals surface area (Å²) in [6.45, 7) is 2.18. The molecule has 2 aromatic heterocycles. The van der Waals surface area contributed by atoms with E-state index in [1.807, 2.05) is 29.1 Å². The van der Waals surface area contributed by atoms with Crippen molar-refractivity contribution in [3.8, 4) is 11.6 Å². The SMILES string of the molecule is CNC1CCN(c2ccc3nc(-n4cnc5cc(OC)ccc54)ccc3c2)CC1. The number of hydrogen-bond donors (Lipinski definition) is 1. The van der Waals surface area contributed by atoms with Gasteiger partial charge in [-0.2, -0.15) is 0 Å². The Morgan fingerprint density at radius 1 is 1.00 bits per heavy atom. The Kier molecular flexibility index (Phi) is 4.56. The standard InChI is InChI=1S/C23H25N5O/c1-24-17-9-11-27(12-10-17)18-4-6-20-16(13-18)3-8-23(26-20)28-15-25-21-14-19(29-2)5-7-22(21)28/h3-8,13-15,17,24H,9-12H2,1-2H3.